The van der Waals surface area contributed by atoms with E-state index in [0.717, 1.165) is 47.9 Å². The van der Waals surface area contributed by atoms with Crippen molar-refractivity contribution in [3.05, 3.63) is 159 Å². The summed E-state index contributed by atoms with van der Waals surface area (Å²) in [6, 6.07) is 12.0. The van der Waals surface area contributed by atoms with Crippen LogP contribution in [0, 0.1) is 11.6 Å². The third-order valence-corrected chi connectivity index (χ3v) is 33.1. The van der Waals surface area contributed by atoms with Gasteiger partial charge in [-0.1, -0.05) is 0 Å². The normalized spacial score (nSPS) is 20.6. The van der Waals surface area contributed by atoms with E-state index in [2.05, 4.69) is 132 Å². The molecule has 0 saturated carbocycles. The predicted octanol–water partition coefficient (Wildman–Crippen LogP) is 13.6. The Kier molecular flexibility index (Phi) is 12.5. The SMILES string of the molecule is CCC1=[C]([Hf]([CH3])([CH3])(=[SiH2])[C]2=C(CC)C=C3C2=CC=CCC3c2ccc(C(C)(C)C)c(F)c2)C2=CC=CCC(c3ccc(C(C)(C)C)c(F)c3)C2=C1.Cl.Cl. The quantitative estimate of drug-likeness (QED) is 0.253. The van der Waals surface area contributed by atoms with E-state index in [4.69, 9.17) is 0 Å². The third-order valence-electron chi connectivity index (χ3n) is 11.5. The Morgan fingerprint density at radius 1 is 0.654 bits per heavy atom. The second-order valence-corrected chi connectivity index (χ2v) is 58.2. The molecule has 2 unspecified atom stereocenters. The van der Waals surface area contributed by atoms with Gasteiger partial charge in [0, 0.05) is 0 Å². The second kappa shape index (κ2) is 15.2. The molecule has 2 atom stereocenters. The van der Waals surface area contributed by atoms with Crippen LogP contribution in [-0.2, 0) is 28.0 Å². The fourth-order valence-electron chi connectivity index (χ4n) is 9.18. The molecule has 2 aromatic carbocycles. The first-order valence-electron chi connectivity index (χ1n) is 18.7. The number of benzene rings is 2. The molecule has 4 aliphatic carbocycles. The molecular weight excluding hydrogens is 868 g/mol. The molecule has 2 aromatic rings. The maximum atomic E-state index is 15.6. The standard InChI is InChI=1S/2C22H24F.2CH3.2ClH.Hf.H2Si/c2*1-5-15-12-16-8-6-7-9-18(19(16)13-15)17-10-11-20(21(23)14-17)22(2,3)4;;;;;;/h2*6-8,10-11,13-14,18H,5,9H2,1-4H3;2*1H3;2*1H;;1H2. The molecule has 0 aromatic heterocycles. The van der Waals surface area contributed by atoms with Crippen molar-refractivity contribution in [1.82, 2.24) is 0 Å². The molecule has 4 aliphatic rings. The Labute approximate surface area is 327 Å². The van der Waals surface area contributed by atoms with Gasteiger partial charge in [0.2, 0.25) is 0 Å². The van der Waals surface area contributed by atoms with Gasteiger partial charge in [0.15, 0.2) is 0 Å². The van der Waals surface area contributed by atoms with Crippen molar-refractivity contribution in [2.75, 3.05) is 0 Å². The van der Waals surface area contributed by atoms with Gasteiger partial charge in [-0.25, -0.2) is 0 Å². The van der Waals surface area contributed by atoms with E-state index in [1.54, 1.807) is 18.8 Å². The molecule has 0 heterocycles. The van der Waals surface area contributed by atoms with Crippen LogP contribution < -0.4 is 0 Å². The smallest absolute Gasteiger partial charge is 0.147 e. The molecule has 0 N–H and O–H groups in total. The van der Waals surface area contributed by atoms with Crippen LogP contribution >= 0.6 is 24.8 Å². The van der Waals surface area contributed by atoms with Crippen LogP contribution in [0.25, 0.3) is 0 Å². The molecule has 278 valence electrons. The zero-order valence-corrected chi connectivity index (χ0v) is 39.5. The molecule has 6 heteroatoms. The summed E-state index contributed by atoms with van der Waals surface area (Å²) >= 11 is -4.18. The minimum Gasteiger partial charge on any atom is -0.147 e. The van der Waals surface area contributed by atoms with Crippen LogP contribution in [0.5, 0.6) is 0 Å². The fourth-order valence-corrected chi connectivity index (χ4v) is 33.9. The summed E-state index contributed by atoms with van der Waals surface area (Å²) in [5.74, 6) is -0.0121. The molecule has 0 radical (unpaired) electrons. The molecule has 0 bridgehead atoms. The van der Waals surface area contributed by atoms with Gasteiger partial charge in [-0.05, 0) is 0 Å². The Bertz CT molecular complexity index is 1950. The number of fused-ring (bicyclic) bond motifs is 2. The van der Waals surface area contributed by atoms with Crippen LogP contribution in [0.3, 0.4) is 0 Å². The first kappa shape index (κ1) is 42.6. The van der Waals surface area contributed by atoms with Crippen molar-refractivity contribution in [3.8, 4) is 0 Å². The Morgan fingerprint density at radius 3 is 1.33 bits per heavy atom. The van der Waals surface area contributed by atoms with Crippen LogP contribution in [0.15, 0.2) is 125 Å². The fraction of sp³-hybridized carbons (Fsp3) is 0.391. The minimum atomic E-state index is -4.18. The number of rotatable bonds is 6. The summed E-state index contributed by atoms with van der Waals surface area (Å²) < 4.78 is 39.8. The van der Waals surface area contributed by atoms with E-state index in [1.807, 2.05) is 12.1 Å². The average molecular weight is 926 g/mol. The maximum absolute atomic E-state index is 15.6. The van der Waals surface area contributed by atoms with E-state index >= 15 is 8.78 Å². The number of halogens is 4. The molecule has 0 fully saturated rings. The molecular formula is C46H58Cl2F2HfSi. The Hall–Kier alpha value is -2.11. The van der Waals surface area contributed by atoms with E-state index in [1.165, 1.54) is 33.4 Å². The summed E-state index contributed by atoms with van der Waals surface area (Å²) in [4.78, 5) is 0. The summed E-state index contributed by atoms with van der Waals surface area (Å²) in [7, 11) is 0. The second-order valence-electron chi connectivity index (χ2n) is 18.0. The van der Waals surface area contributed by atoms with Crippen molar-refractivity contribution in [2.45, 2.75) is 113 Å². The zero-order chi connectivity index (χ0) is 36.4. The first-order chi connectivity index (χ1) is 23.4. The number of allylic oxidation sites excluding steroid dienone is 16. The maximum Gasteiger partial charge on any atom is -0.147 e. The van der Waals surface area contributed by atoms with Crippen molar-refractivity contribution in [2.24, 2.45) is 0 Å². The van der Waals surface area contributed by atoms with Crippen molar-refractivity contribution >= 4 is 31.8 Å². The summed E-state index contributed by atoms with van der Waals surface area (Å²) in [5.41, 5.74) is 11.5. The monoisotopic (exact) mass is 926 g/mol. The number of hydrogen-bond acceptors (Lipinski definition) is 0. The first-order valence-corrected chi connectivity index (χ1v) is 37.8. The zero-order valence-electron chi connectivity index (χ0n) is 32.8. The summed E-state index contributed by atoms with van der Waals surface area (Å²) in [6.07, 6.45) is 22.3. The van der Waals surface area contributed by atoms with Gasteiger partial charge in [-0.15, -0.1) is 24.8 Å². The summed E-state index contributed by atoms with van der Waals surface area (Å²) in [6.45, 7) is 19.4. The van der Waals surface area contributed by atoms with Crippen LogP contribution in [0.4, 0.5) is 8.78 Å². The molecule has 52 heavy (non-hydrogen) atoms. The van der Waals surface area contributed by atoms with Gasteiger partial charge in [-0.2, -0.15) is 0 Å². The van der Waals surface area contributed by atoms with Gasteiger partial charge in [0.25, 0.3) is 0 Å². The van der Waals surface area contributed by atoms with E-state index < -0.39 is 17.1 Å². The van der Waals surface area contributed by atoms with E-state index in [9.17, 15) is 0 Å². The van der Waals surface area contributed by atoms with Crippen LogP contribution in [-0.4, -0.2) is 6.94 Å². The number of hydrogen-bond donors (Lipinski definition) is 0. The molecule has 6 rings (SSSR count). The Morgan fingerprint density at radius 2 is 1.02 bits per heavy atom. The topological polar surface area (TPSA) is 0 Å². The molecule has 0 saturated heterocycles. The van der Waals surface area contributed by atoms with Crippen molar-refractivity contribution in [1.29, 1.82) is 0 Å². The Balaban J connectivity index is 0.00000302. The van der Waals surface area contributed by atoms with Gasteiger partial charge in [-0.3, -0.25) is 0 Å². The molecule has 0 amide bonds. The third kappa shape index (κ3) is 7.58. The average Bonchev–Trinajstić information content (AvgIpc) is 3.44. The molecule has 0 nitrogen and oxygen atoms in total. The van der Waals surface area contributed by atoms with Crippen molar-refractivity contribution < 1.29 is 25.9 Å². The van der Waals surface area contributed by atoms with Gasteiger partial charge in [0.1, 0.15) is 0 Å². The van der Waals surface area contributed by atoms with Gasteiger partial charge in [0.05, 0.1) is 0 Å². The predicted molar refractivity (Wildman–Crippen MR) is 225 cm³/mol. The van der Waals surface area contributed by atoms with Crippen molar-refractivity contribution in [3.63, 3.8) is 0 Å². The van der Waals surface area contributed by atoms with Crippen LogP contribution in [0.1, 0.15) is 115 Å². The van der Waals surface area contributed by atoms with E-state index in [0.29, 0.717) is 0 Å². The van der Waals surface area contributed by atoms with E-state index in [-0.39, 0.29) is 59.1 Å². The molecule has 0 spiro atoms. The van der Waals surface area contributed by atoms with Gasteiger partial charge < -0.3 is 0 Å². The molecule has 0 aliphatic heterocycles. The van der Waals surface area contributed by atoms with Crippen LogP contribution in [0.2, 0.25) is 9.36 Å². The largest absolute Gasteiger partial charge is 0.147 e. The van der Waals surface area contributed by atoms with Gasteiger partial charge >= 0.3 is 305 Å². The summed E-state index contributed by atoms with van der Waals surface area (Å²) in [5, 5.41) is 0. The minimum absolute atomic E-state index is 0.